The Morgan fingerprint density at radius 2 is 1.96 bits per heavy atom. The molecule has 0 unspecified atom stereocenters. The van der Waals surface area contributed by atoms with Gasteiger partial charge in [0.1, 0.15) is 5.69 Å². The molecule has 0 fully saturated rings. The number of hydrogen-bond acceptors (Lipinski definition) is 4. The van der Waals surface area contributed by atoms with Gasteiger partial charge in [0, 0.05) is 6.54 Å². The molecule has 23 heavy (non-hydrogen) atoms. The zero-order chi connectivity index (χ0) is 16.9. The largest absolute Gasteiger partial charge is 0.433 e. The summed E-state index contributed by atoms with van der Waals surface area (Å²) in [5.74, 6) is -1.82. The Bertz CT molecular complexity index is 670. The van der Waals surface area contributed by atoms with Crippen LogP contribution in [0.2, 0.25) is 0 Å². The number of rotatable bonds is 4. The van der Waals surface area contributed by atoms with E-state index < -0.39 is 23.7 Å². The highest BCUT2D eigenvalue weighted by Gasteiger charge is 2.32. The molecule has 0 saturated carbocycles. The number of alkyl halides is 3. The van der Waals surface area contributed by atoms with Crippen molar-refractivity contribution >= 4 is 28.8 Å². The van der Waals surface area contributed by atoms with Crippen molar-refractivity contribution in [1.82, 2.24) is 10.3 Å². The molecule has 0 radical (unpaired) electrons. The molecule has 0 aliphatic carbocycles. The van der Waals surface area contributed by atoms with E-state index in [1.165, 1.54) is 11.3 Å². The van der Waals surface area contributed by atoms with Gasteiger partial charge in [-0.15, -0.1) is 0 Å². The van der Waals surface area contributed by atoms with Crippen molar-refractivity contribution in [2.45, 2.75) is 12.6 Å². The number of aromatic nitrogens is 1. The predicted octanol–water partition coefficient (Wildman–Crippen LogP) is 2.46. The van der Waals surface area contributed by atoms with Gasteiger partial charge in [0.25, 0.3) is 0 Å². The van der Waals surface area contributed by atoms with Gasteiger partial charge in [-0.05, 0) is 40.9 Å². The second kappa shape index (κ2) is 7.23. The maximum atomic E-state index is 12.4. The van der Waals surface area contributed by atoms with Crippen molar-refractivity contribution in [3.8, 4) is 0 Å². The lowest BCUT2D eigenvalue weighted by molar-refractivity contribution is -0.141. The molecule has 0 saturated heterocycles. The van der Waals surface area contributed by atoms with Crippen LogP contribution in [0.5, 0.6) is 0 Å². The molecular weight excluding hydrogens is 331 g/mol. The molecule has 2 aromatic rings. The Balaban J connectivity index is 1.82. The molecule has 0 aromatic carbocycles. The number of nitrogens with zero attached hydrogens (tertiary/aromatic N) is 1. The number of hydrogen-bond donors (Lipinski definition) is 2. The third-order valence-corrected chi connectivity index (χ3v) is 3.53. The van der Waals surface area contributed by atoms with E-state index >= 15 is 0 Å². The molecule has 2 heterocycles. The predicted molar refractivity (Wildman–Crippen MR) is 78.9 cm³/mol. The van der Waals surface area contributed by atoms with Crippen molar-refractivity contribution in [2.24, 2.45) is 0 Å². The summed E-state index contributed by atoms with van der Waals surface area (Å²) in [6.07, 6.45) is -3.12. The van der Waals surface area contributed by atoms with Gasteiger partial charge in [-0.25, -0.2) is 4.98 Å². The number of carbonyl (C=O) groups is 2. The molecule has 2 rings (SSSR count). The van der Waals surface area contributed by atoms with Crippen LogP contribution in [0.15, 0.2) is 35.2 Å². The average Bonchev–Trinajstić information content (AvgIpc) is 3.00. The number of amides is 2. The van der Waals surface area contributed by atoms with Gasteiger partial charge in [-0.3, -0.25) is 9.59 Å². The van der Waals surface area contributed by atoms with Crippen molar-refractivity contribution < 1.29 is 22.8 Å². The Labute approximate surface area is 133 Å². The molecule has 5 nitrogen and oxygen atoms in total. The number of nitrogens with one attached hydrogen (secondary N) is 2. The van der Waals surface area contributed by atoms with Crippen LogP contribution in [0.25, 0.3) is 0 Å². The second-order valence-electron chi connectivity index (χ2n) is 4.52. The lowest BCUT2D eigenvalue weighted by Gasteiger charge is -2.08. The van der Waals surface area contributed by atoms with Crippen LogP contribution in [0.1, 0.15) is 11.3 Å². The minimum Gasteiger partial charge on any atom is -0.347 e. The van der Waals surface area contributed by atoms with E-state index in [9.17, 15) is 22.8 Å². The molecular formula is C14H12F3N3O2S. The summed E-state index contributed by atoms with van der Waals surface area (Å²) >= 11 is 1.53. The lowest BCUT2D eigenvalue weighted by Crippen LogP contribution is -2.36. The van der Waals surface area contributed by atoms with Crippen LogP contribution in [-0.2, 0) is 22.2 Å². The Kier molecular flexibility index (Phi) is 5.32. The molecule has 122 valence electrons. The van der Waals surface area contributed by atoms with Crippen LogP contribution >= 0.6 is 11.3 Å². The standard InChI is InChI=1S/C14H12F3N3O2S/c15-14(16,17)11-2-1-10(7-19-11)20-13(22)12(21)18-5-3-9-4-6-23-8-9/h1-2,4,6-8H,3,5H2,(H,18,21)(H,20,22). The highest BCUT2D eigenvalue weighted by Crippen LogP contribution is 2.27. The number of anilines is 1. The first-order valence-corrected chi connectivity index (χ1v) is 7.44. The number of thiophene rings is 1. The van der Waals surface area contributed by atoms with Crippen molar-refractivity contribution in [3.63, 3.8) is 0 Å². The highest BCUT2D eigenvalue weighted by molar-refractivity contribution is 7.07. The number of halogens is 3. The third-order valence-electron chi connectivity index (χ3n) is 2.80. The van der Waals surface area contributed by atoms with Crippen LogP contribution in [-0.4, -0.2) is 23.3 Å². The van der Waals surface area contributed by atoms with Gasteiger partial charge >= 0.3 is 18.0 Å². The Hall–Kier alpha value is -2.42. The maximum absolute atomic E-state index is 12.4. The first-order valence-electron chi connectivity index (χ1n) is 6.50. The summed E-state index contributed by atoms with van der Waals surface area (Å²) in [6.45, 7) is 0.286. The van der Waals surface area contributed by atoms with Crippen LogP contribution in [0.4, 0.5) is 18.9 Å². The third kappa shape index (κ3) is 5.06. The molecule has 2 amide bonds. The van der Waals surface area contributed by atoms with E-state index in [2.05, 4.69) is 15.6 Å². The van der Waals surface area contributed by atoms with E-state index in [0.29, 0.717) is 6.42 Å². The first kappa shape index (κ1) is 16.9. The van der Waals surface area contributed by atoms with Crippen LogP contribution in [0.3, 0.4) is 0 Å². The van der Waals surface area contributed by atoms with Gasteiger partial charge < -0.3 is 10.6 Å². The van der Waals surface area contributed by atoms with Gasteiger partial charge in [-0.1, -0.05) is 0 Å². The van der Waals surface area contributed by atoms with E-state index in [4.69, 9.17) is 0 Å². The SMILES string of the molecule is O=C(NCCc1ccsc1)C(=O)Nc1ccc(C(F)(F)F)nc1. The fraction of sp³-hybridized carbons (Fsp3) is 0.214. The fourth-order valence-corrected chi connectivity index (χ4v) is 2.36. The van der Waals surface area contributed by atoms with Crippen molar-refractivity contribution in [3.05, 3.63) is 46.4 Å². The molecule has 9 heteroatoms. The molecule has 0 bridgehead atoms. The van der Waals surface area contributed by atoms with Crippen molar-refractivity contribution in [2.75, 3.05) is 11.9 Å². The van der Waals surface area contributed by atoms with Gasteiger partial charge in [0.2, 0.25) is 0 Å². The fourth-order valence-electron chi connectivity index (χ4n) is 1.66. The van der Waals surface area contributed by atoms with E-state index in [1.807, 2.05) is 16.8 Å². The minimum absolute atomic E-state index is 0.0102. The number of pyridine rings is 1. The van der Waals surface area contributed by atoms with Gasteiger partial charge in [0.05, 0.1) is 11.9 Å². The van der Waals surface area contributed by atoms with Gasteiger partial charge in [0.15, 0.2) is 0 Å². The monoisotopic (exact) mass is 343 g/mol. The lowest BCUT2D eigenvalue weighted by atomic mass is 10.2. The average molecular weight is 343 g/mol. The van der Waals surface area contributed by atoms with Crippen molar-refractivity contribution in [1.29, 1.82) is 0 Å². The van der Waals surface area contributed by atoms with Crippen LogP contribution in [0, 0.1) is 0 Å². The van der Waals surface area contributed by atoms with E-state index in [1.54, 1.807) is 0 Å². The minimum atomic E-state index is -4.55. The van der Waals surface area contributed by atoms with Crippen LogP contribution < -0.4 is 10.6 Å². The Morgan fingerprint density at radius 1 is 1.17 bits per heavy atom. The smallest absolute Gasteiger partial charge is 0.347 e. The Morgan fingerprint density at radius 3 is 2.52 bits per heavy atom. The summed E-state index contributed by atoms with van der Waals surface area (Å²) < 4.78 is 37.1. The molecule has 0 aliphatic heterocycles. The zero-order valence-corrected chi connectivity index (χ0v) is 12.5. The number of carbonyl (C=O) groups excluding carboxylic acids is 2. The summed E-state index contributed by atoms with van der Waals surface area (Å²) in [5, 5.41) is 8.45. The van der Waals surface area contributed by atoms with E-state index in [0.717, 1.165) is 23.9 Å². The zero-order valence-electron chi connectivity index (χ0n) is 11.7. The highest BCUT2D eigenvalue weighted by atomic mass is 32.1. The van der Waals surface area contributed by atoms with E-state index in [-0.39, 0.29) is 12.2 Å². The summed E-state index contributed by atoms with van der Waals surface area (Å²) in [6, 6.07) is 3.67. The maximum Gasteiger partial charge on any atom is 0.433 e. The topological polar surface area (TPSA) is 71.1 Å². The quantitative estimate of drug-likeness (QED) is 0.838. The normalized spacial score (nSPS) is 11.1. The van der Waals surface area contributed by atoms with Gasteiger partial charge in [-0.2, -0.15) is 24.5 Å². The summed E-state index contributed by atoms with van der Waals surface area (Å²) in [5.41, 5.74) is -0.0191. The summed E-state index contributed by atoms with van der Waals surface area (Å²) in [7, 11) is 0. The molecule has 0 spiro atoms. The molecule has 0 atom stereocenters. The molecule has 0 aliphatic rings. The second-order valence-corrected chi connectivity index (χ2v) is 5.30. The first-order chi connectivity index (χ1) is 10.9. The summed E-state index contributed by atoms with van der Waals surface area (Å²) in [4.78, 5) is 26.4. The molecule has 2 aromatic heterocycles. The molecule has 2 N–H and O–H groups in total.